The van der Waals surface area contributed by atoms with Gasteiger partial charge in [-0.3, -0.25) is 0 Å². The summed E-state index contributed by atoms with van der Waals surface area (Å²) in [6.45, 7) is 1.92. The van der Waals surface area contributed by atoms with E-state index in [9.17, 15) is 4.79 Å². The molecule has 0 unspecified atom stereocenters. The smallest absolute Gasteiger partial charge is 0.338 e. The number of rotatable bonds is 2. The number of hydrogen-bond donors (Lipinski definition) is 0. The Labute approximate surface area is 98.5 Å². The molecule has 0 bridgehead atoms. The fraction of sp³-hybridized carbons (Fsp3) is 0.154. The zero-order valence-corrected chi connectivity index (χ0v) is 10.0. The molecular weight excluding hydrogens is 220 g/mol. The van der Waals surface area contributed by atoms with Crippen molar-refractivity contribution >= 4 is 17.3 Å². The summed E-state index contributed by atoms with van der Waals surface area (Å²) in [6, 6.07) is 9.86. The van der Waals surface area contributed by atoms with Gasteiger partial charge in [-0.15, -0.1) is 11.3 Å². The number of aryl methyl sites for hydroxylation is 1. The maximum atomic E-state index is 11.4. The average Bonchev–Trinajstić information content (AvgIpc) is 2.81. The van der Waals surface area contributed by atoms with E-state index in [2.05, 4.69) is 6.07 Å². The number of carbonyl (C=O) groups is 1. The number of benzene rings is 1. The van der Waals surface area contributed by atoms with Crippen LogP contribution in [0.4, 0.5) is 0 Å². The Morgan fingerprint density at radius 2 is 2.12 bits per heavy atom. The highest BCUT2D eigenvalue weighted by Gasteiger charge is 2.09. The van der Waals surface area contributed by atoms with Gasteiger partial charge in [0.15, 0.2) is 0 Å². The highest BCUT2D eigenvalue weighted by molar-refractivity contribution is 7.13. The molecule has 0 radical (unpaired) electrons. The van der Waals surface area contributed by atoms with Gasteiger partial charge in [0.05, 0.1) is 12.7 Å². The van der Waals surface area contributed by atoms with Gasteiger partial charge in [0.25, 0.3) is 0 Å². The molecule has 16 heavy (non-hydrogen) atoms. The highest BCUT2D eigenvalue weighted by Crippen LogP contribution is 2.26. The summed E-state index contributed by atoms with van der Waals surface area (Å²) in [7, 11) is 1.40. The summed E-state index contributed by atoms with van der Waals surface area (Å²) in [6.07, 6.45) is 0. The maximum absolute atomic E-state index is 11.4. The number of hydrogen-bond acceptors (Lipinski definition) is 3. The fourth-order valence-corrected chi connectivity index (χ4v) is 2.32. The minimum Gasteiger partial charge on any atom is -0.465 e. The lowest BCUT2D eigenvalue weighted by atomic mass is 10.0. The molecule has 1 aromatic heterocycles. The first-order valence-corrected chi connectivity index (χ1v) is 5.83. The summed E-state index contributed by atoms with van der Waals surface area (Å²) >= 11 is 1.69. The van der Waals surface area contributed by atoms with Crippen molar-refractivity contribution in [3.63, 3.8) is 0 Å². The maximum Gasteiger partial charge on any atom is 0.338 e. The number of esters is 1. The van der Waals surface area contributed by atoms with Crippen LogP contribution in [-0.4, -0.2) is 13.1 Å². The van der Waals surface area contributed by atoms with Crippen molar-refractivity contribution < 1.29 is 9.53 Å². The fourth-order valence-electron chi connectivity index (χ4n) is 1.60. The second kappa shape index (κ2) is 4.49. The highest BCUT2D eigenvalue weighted by atomic mass is 32.1. The Morgan fingerprint density at radius 3 is 2.69 bits per heavy atom. The standard InChI is InChI=1S/C13H12O2S/c1-9-8-10(12-4-3-7-16-12)5-6-11(9)13(14)15-2/h3-8H,1-2H3. The Balaban J connectivity index is 2.41. The van der Waals surface area contributed by atoms with E-state index in [4.69, 9.17) is 4.74 Å². The Morgan fingerprint density at radius 1 is 1.31 bits per heavy atom. The van der Waals surface area contributed by atoms with Gasteiger partial charge >= 0.3 is 5.97 Å². The van der Waals surface area contributed by atoms with Crippen LogP contribution in [0.25, 0.3) is 10.4 Å². The topological polar surface area (TPSA) is 26.3 Å². The van der Waals surface area contributed by atoms with E-state index in [1.54, 1.807) is 11.3 Å². The molecule has 0 fully saturated rings. The normalized spacial score (nSPS) is 10.1. The summed E-state index contributed by atoms with van der Waals surface area (Å²) in [5.74, 6) is -0.282. The largest absolute Gasteiger partial charge is 0.465 e. The lowest BCUT2D eigenvalue weighted by Gasteiger charge is -2.05. The van der Waals surface area contributed by atoms with Crippen LogP contribution in [0.15, 0.2) is 35.7 Å². The van der Waals surface area contributed by atoms with Crippen LogP contribution in [0.5, 0.6) is 0 Å². The molecule has 2 rings (SSSR count). The molecule has 0 aliphatic heterocycles. The van der Waals surface area contributed by atoms with Crippen LogP contribution >= 0.6 is 11.3 Å². The molecular formula is C13H12O2S. The van der Waals surface area contributed by atoms with Crippen LogP contribution in [-0.2, 0) is 4.74 Å². The van der Waals surface area contributed by atoms with Gasteiger partial charge in [-0.2, -0.15) is 0 Å². The molecule has 0 saturated carbocycles. The van der Waals surface area contributed by atoms with Gasteiger partial charge in [-0.25, -0.2) is 4.79 Å². The van der Waals surface area contributed by atoms with Crippen LogP contribution in [0.1, 0.15) is 15.9 Å². The van der Waals surface area contributed by atoms with Gasteiger partial charge in [0, 0.05) is 4.88 Å². The van der Waals surface area contributed by atoms with Gasteiger partial charge < -0.3 is 4.74 Å². The number of carbonyl (C=O) groups excluding carboxylic acids is 1. The minimum atomic E-state index is -0.282. The van der Waals surface area contributed by atoms with Crippen LogP contribution < -0.4 is 0 Å². The van der Waals surface area contributed by atoms with E-state index in [0.29, 0.717) is 5.56 Å². The van der Waals surface area contributed by atoms with E-state index in [-0.39, 0.29) is 5.97 Å². The van der Waals surface area contributed by atoms with Crippen molar-refractivity contribution in [3.05, 3.63) is 46.8 Å². The van der Waals surface area contributed by atoms with Crippen molar-refractivity contribution in [2.75, 3.05) is 7.11 Å². The van der Waals surface area contributed by atoms with Gasteiger partial charge in [-0.1, -0.05) is 12.1 Å². The van der Waals surface area contributed by atoms with E-state index in [0.717, 1.165) is 11.1 Å². The predicted octanol–water partition coefficient (Wildman–Crippen LogP) is 3.51. The molecule has 0 spiro atoms. The van der Waals surface area contributed by atoms with Crippen LogP contribution in [0.3, 0.4) is 0 Å². The predicted molar refractivity (Wildman–Crippen MR) is 65.8 cm³/mol. The second-order valence-electron chi connectivity index (χ2n) is 3.50. The first-order valence-electron chi connectivity index (χ1n) is 4.95. The van der Waals surface area contributed by atoms with Crippen molar-refractivity contribution in [3.8, 4) is 10.4 Å². The van der Waals surface area contributed by atoms with Crippen molar-refractivity contribution in [2.24, 2.45) is 0 Å². The monoisotopic (exact) mass is 232 g/mol. The third-order valence-electron chi connectivity index (χ3n) is 2.44. The molecule has 0 atom stereocenters. The third kappa shape index (κ3) is 1.99. The zero-order chi connectivity index (χ0) is 11.5. The Hall–Kier alpha value is -1.61. The van der Waals surface area contributed by atoms with Crippen LogP contribution in [0.2, 0.25) is 0 Å². The molecule has 82 valence electrons. The molecule has 0 N–H and O–H groups in total. The minimum absolute atomic E-state index is 0.282. The lowest BCUT2D eigenvalue weighted by Crippen LogP contribution is -2.03. The molecule has 3 heteroatoms. The Kier molecular flexibility index (Phi) is 3.06. The quantitative estimate of drug-likeness (QED) is 0.741. The second-order valence-corrected chi connectivity index (χ2v) is 4.45. The van der Waals surface area contributed by atoms with E-state index in [1.807, 2.05) is 36.6 Å². The van der Waals surface area contributed by atoms with Crippen molar-refractivity contribution in [2.45, 2.75) is 6.92 Å². The first kappa shape index (κ1) is 10.9. The number of thiophene rings is 1. The van der Waals surface area contributed by atoms with Crippen molar-refractivity contribution in [1.82, 2.24) is 0 Å². The number of ether oxygens (including phenoxy) is 1. The summed E-state index contributed by atoms with van der Waals surface area (Å²) in [5, 5.41) is 2.04. The molecule has 0 aliphatic carbocycles. The third-order valence-corrected chi connectivity index (χ3v) is 3.36. The zero-order valence-electron chi connectivity index (χ0n) is 9.19. The van der Waals surface area contributed by atoms with Gasteiger partial charge in [0.2, 0.25) is 0 Å². The Bertz CT molecular complexity index is 501. The van der Waals surface area contributed by atoms with E-state index in [1.165, 1.54) is 12.0 Å². The van der Waals surface area contributed by atoms with Crippen molar-refractivity contribution in [1.29, 1.82) is 0 Å². The summed E-state index contributed by atoms with van der Waals surface area (Å²) in [5.41, 5.74) is 2.71. The molecule has 2 nitrogen and oxygen atoms in total. The molecule has 0 aliphatic rings. The molecule has 2 aromatic rings. The van der Waals surface area contributed by atoms with Gasteiger partial charge in [0.1, 0.15) is 0 Å². The molecule has 0 amide bonds. The lowest BCUT2D eigenvalue weighted by molar-refractivity contribution is 0.0600. The number of methoxy groups -OCH3 is 1. The molecule has 1 aromatic carbocycles. The summed E-state index contributed by atoms with van der Waals surface area (Å²) < 4.78 is 4.71. The SMILES string of the molecule is COC(=O)c1ccc(-c2cccs2)cc1C. The van der Waals surface area contributed by atoms with E-state index < -0.39 is 0 Å². The first-order chi connectivity index (χ1) is 7.72. The average molecular weight is 232 g/mol. The molecule has 0 saturated heterocycles. The summed E-state index contributed by atoms with van der Waals surface area (Å²) in [4.78, 5) is 12.6. The van der Waals surface area contributed by atoms with Crippen LogP contribution in [0, 0.1) is 6.92 Å². The molecule has 1 heterocycles. The van der Waals surface area contributed by atoms with Gasteiger partial charge in [-0.05, 0) is 41.6 Å². The van der Waals surface area contributed by atoms with E-state index >= 15 is 0 Å².